The minimum absolute atomic E-state index is 0.753. The fourth-order valence-electron chi connectivity index (χ4n) is 0.918. The summed E-state index contributed by atoms with van der Waals surface area (Å²) in [6, 6.07) is 0. The monoisotopic (exact) mass is 228 g/mol. The third-order valence-corrected chi connectivity index (χ3v) is 2.16. The Balaban J connectivity index is 3.60. The van der Waals surface area contributed by atoms with Crippen molar-refractivity contribution in [3.63, 3.8) is 0 Å². The van der Waals surface area contributed by atoms with Crippen molar-refractivity contribution in [3.05, 3.63) is 28.8 Å². The highest BCUT2D eigenvalue weighted by molar-refractivity contribution is 7.27. The van der Waals surface area contributed by atoms with Gasteiger partial charge in [-0.05, 0) is 0 Å². The summed E-state index contributed by atoms with van der Waals surface area (Å²) in [5.41, 5.74) is -1.04. The number of aliphatic hydroxyl groups excluding tert-OH is 1. The lowest BCUT2D eigenvalue weighted by Gasteiger charge is -2.11. The summed E-state index contributed by atoms with van der Waals surface area (Å²) in [4.78, 5) is 0. The van der Waals surface area contributed by atoms with E-state index in [9.17, 15) is 17.6 Å². The van der Waals surface area contributed by atoms with Gasteiger partial charge in [-0.1, -0.05) is 0 Å². The highest BCUT2D eigenvalue weighted by atomic mass is 31.0. The van der Waals surface area contributed by atoms with Crippen LogP contribution in [0, 0.1) is 23.3 Å². The lowest BCUT2D eigenvalue weighted by Crippen LogP contribution is -2.18. The van der Waals surface area contributed by atoms with Crippen LogP contribution in [0.4, 0.5) is 17.6 Å². The molecule has 0 radical (unpaired) electrons. The SMILES string of the molecule is OC(O)c1c(F)c(F)c(F)c(F)c1P. The summed E-state index contributed by atoms with van der Waals surface area (Å²) in [6.07, 6.45) is -2.41. The molecule has 1 aromatic carbocycles. The summed E-state index contributed by atoms with van der Waals surface area (Å²) < 4.78 is 50.7. The molecule has 2 N–H and O–H groups in total. The maximum Gasteiger partial charge on any atom is 0.198 e. The van der Waals surface area contributed by atoms with E-state index >= 15 is 0 Å². The molecule has 7 heteroatoms. The molecule has 0 saturated heterocycles. The van der Waals surface area contributed by atoms with E-state index in [-0.39, 0.29) is 0 Å². The van der Waals surface area contributed by atoms with Crippen molar-refractivity contribution in [1.29, 1.82) is 0 Å². The van der Waals surface area contributed by atoms with Crippen molar-refractivity contribution < 1.29 is 27.8 Å². The molecular weight excluding hydrogens is 223 g/mol. The summed E-state index contributed by atoms with van der Waals surface area (Å²) >= 11 is 0. The number of benzene rings is 1. The second kappa shape index (κ2) is 3.81. The van der Waals surface area contributed by atoms with Crippen LogP contribution < -0.4 is 5.30 Å². The molecule has 14 heavy (non-hydrogen) atoms. The van der Waals surface area contributed by atoms with Gasteiger partial charge in [-0.2, -0.15) is 0 Å². The van der Waals surface area contributed by atoms with E-state index in [0.29, 0.717) is 0 Å². The number of hydrogen-bond donors (Lipinski definition) is 2. The van der Waals surface area contributed by atoms with E-state index in [4.69, 9.17) is 10.2 Å². The van der Waals surface area contributed by atoms with Gasteiger partial charge in [-0.15, -0.1) is 9.24 Å². The Labute approximate surface area is 78.4 Å². The highest BCUT2D eigenvalue weighted by Crippen LogP contribution is 2.22. The van der Waals surface area contributed by atoms with Gasteiger partial charge in [0.1, 0.15) is 0 Å². The Morgan fingerprint density at radius 2 is 1.29 bits per heavy atom. The fraction of sp³-hybridized carbons (Fsp3) is 0.143. The van der Waals surface area contributed by atoms with Crippen LogP contribution in [0.25, 0.3) is 0 Å². The number of aliphatic hydroxyl groups is 2. The molecule has 0 aliphatic rings. The molecule has 0 heterocycles. The van der Waals surface area contributed by atoms with E-state index in [0.717, 1.165) is 0 Å². The Bertz CT molecular complexity index is 351. The van der Waals surface area contributed by atoms with Gasteiger partial charge in [0.05, 0.1) is 5.56 Å². The van der Waals surface area contributed by atoms with E-state index in [1.807, 2.05) is 0 Å². The molecule has 0 amide bonds. The quantitative estimate of drug-likeness (QED) is 0.244. The fourth-order valence-corrected chi connectivity index (χ4v) is 1.32. The largest absolute Gasteiger partial charge is 0.364 e. The average Bonchev–Trinajstić information content (AvgIpc) is 2.11. The van der Waals surface area contributed by atoms with Crippen molar-refractivity contribution in [3.8, 4) is 0 Å². The maximum absolute atomic E-state index is 12.8. The second-order valence-corrected chi connectivity index (χ2v) is 3.03. The van der Waals surface area contributed by atoms with Crippen molar-refractivity contribution in [2.45, 2.75) is 6.29 Å². The topological polar surface area (TPSA) is 40.5 Å². The third kappa shape index (κ3) is 1.61. The second-order valence-electron chi connectivity index (χ2n) is 2.46. The average molecular weight is 228 g/mol. The zero-order chi connectivity index (χ0) is 11.0. The Morgan fingerprint density at radius 1 is 0.857 bits per heavy atom. The molecule has 0 bridgehead atoms. The number of halogens is 4. The lowest BCUT2D eigenvalue weighted by atomic mass is 10.1. The first-order valence-electron chi connectivity index (χ1n) is 3.35. The van der Waals surface area contributed by atoms with Crippen molar-refractivity contribution >= 4 is 14.5 Å². The van der Waals surface area contributed by atoms with Gasteiger partial charge in [0.25, 0.3) is 0 Å². The smallest absolute Gasteiger partial charge is 0.198 e. The number of hydrogen-bond acceptors (Lipinski definition) is 2. The normalized spacial score (nSPS) is 11.1. The molecule has 1 unspecified atom stereocenters. The minimum Gasteiger partial charge on any atom is -0.364 e. The standard InChI is InChI=1S/C7H5F4O2P/c8-2-1(7(12)13)6(14)5(11)4(10)3(2)9/h7,12-13H,14H2. The first kappa shape index (κ1) is 11.4. The summed E-state index contributed by atoms with van der Waals surface area (Å²) in [5, 5.41) is 16.4. The van der Waals surface area contributed by atoms with E-state index < -0.39 is 40.4 Å². The summed E-state index contributed by atoms with van der Waals surface area (Å²) in [5.74, 6) is -7.55. The van der Waals surface area contributed by atoms with Crippen molar-refractivity contribution in [2.24, 2.45) is 0 Å². The summed E-state index contributed by atoms with van der Waals surface area (Å²) in [6.45, 7) is 0. The van der Waals surface area contributed by atoms with Gasteiger partial charge in [0, 0.05) is 5.30 Å². The Kier molecular flexibility index (Phi) is 3.09. The molecule has 0 aliphatic carbocycles. The first-order valence-corrected chi connectivity index (χ1v) is 3.93. The van der Waals surface area contributed by atoms with E-state index in [2.05, 4.69) is 0 Å². The Hall–Kier alpha value is -0.710. The minimum atomic E-state index is -2.41. The van der Waals surface area contributed by atoms with Crippen LogP contribution in [-0.4, -0.2) is 10.2 Å². The maximum atomic E-state index is 12.8. The molecule has 0 aliphatic heterocycles. The first-order chi connectivity index (χ1) is 6.37. The van der Waals surface area contributed by atoms with Gasteiger partial charge in [-0.25, -0.2) is 17.6 Å². The third-order valence-electron chi connectivity index (χ3n) is 1.60. The van der Waals surface area contributed by atoms with Gasteiger partial charge in [0.2, 0.25) is 0 Å². The van der Waals surface area contributed by atoms with Crippen molar-refractivity contribution in [1.82, 2.24) is 0 Å². The van der Waals surface area contributed by atoms with E-state index in [1.54, 1.807) is 9.24 Å². The van der Waals surface area contributed by atoms with Crippen LogP contribution in [0.2, 0.25) is 0 Å². The molecule has 1 rings (SSSR count). The van der Waals surface area contributed by atoms with Crippen LogP contribution in [0.1, 0.15) is 11.9 Å². The predicted molar refractivity (Wildman–Crippen MR) is 42.8 cm³/mol. The van der Waals surface area contributed by atoms with Gasteiger partial charge in [0.15, 0.2) is 29.6 Å². The molecule has 0 fully saturated rings. The molecule has 2 nitrogen and oxygen atoms in total. The van der Waals surface area contributed by atoms with Crippen molar-refractivity contribution in [2.75, 3.05) is 0 Å². The molecule has 1 atom stereocenters. The Morgan fingerprint density at radius 3 is 1.71 bits per heavy atom. The molecule has 78 valence electrons. The van der Waals surface area contributed by atoms with Gasteiger partial charge < -0.3 is 10.2 Å². The van der Waals surface area contributed by atoms with Gasteiger partial charge in [-0.3, -0.25) is 0 Å². The highest BCUT2D eigenvalue weighted by Gasteiger charge is 2.25. The molecule has 1 aromatic rings. The summed E-state index contributed by atoms with van der Waals surface area (Å²) in [7, 11) is 1.56. The predicted octanol–water partition coefficient (Wildman–Crippen LogP) is 0.727. The lowest BCUT2D eigenvalue weighted by molar-refractivity contribution is -0.0447. The zero-order valence-electron chi connectivity index (χ0n) is 6.56. The van der Waals surface area contributed by atoms with Crippen LogP contribution in [0.15, 0.2) is 0 Å². The molecule has 0 spiro atoms. The molecule has 0 aromatic heterocycles. The van der Waals surface area contributed by atoms with Gasteiger partial charge >= 0.3 is 0 Å². The van der Waals surface area contributed by atoms with Crippen LogP contribution in [-0.2, 0) is 0 Å². The van der Waals surface area contributed by atoms with Crippen LogP contribution in [0.3, 0.4) is 0 Å². The van der Waals surface area contributed by atoms with Crippen LogP contribution in [0.5, 0.6) is 0 Å². The molecule has 0 saturated carbocycles. The number of rotatable bonds is 1. The van der Waals surface area contributed by atoms with Crippen LogP contribution >= 0.6 is 9.24 Å². The van der Waals surface area contributed by atoms with E-state index in [1.165, 1.54) is 0 Å². The molecular formula is C7H5F4O2P. The zero-order valence-corrected chi connectivity index (χ0v) is 7.72.